The van der Waals surface area contributed by atoms with E-state index in [1.807, 2.05) is 0 Å². The number of aromatic nitrogens is 1. The first-order valence-electron chi connectivity index (χ1n) is 6.41. The molecule has 1 aromatic carbocycles. The van der Waals surface area contributed by atoms with Crippen molar-refractivity contribution in [1.82, 2.24) is 10.3 Å². The predicted octanol–water partition coefficient (Wildman–Crippen LogP) is 2.67. The third-order valence-corrected chi connectivity index (χ3v) is 3.11. The zero-order valence-corrected chi connectivity index (χ0v) is 11.3. The second kappa shape index (κ2) is 6.14. The summed E-state index contributed by atoms with van der Waals surface area (Å²) in [5.74, 6) is -0.0709. The molecule has 0 aliphatic rings. The van der Waals surface area contributed by atoms with Crippen molar-refractivity contribution in [2.45, 2.75) is 20.3 Å². The van der Waals surface area contributed by atoms with Crippen molar-refractivity contribution in [2.24, 2.45) is 0 Å². The largest absolute Gasteiger partial charge is 0.352 e. The molecule has 0 atom stereocenters. The van der Waals surface area contributed by atoms with E-state index in [1.165, 1.54) is 16.7 Å². The Morgan fingerprint density at radius 2 is 2.11 bits per heavy atom. The van der Waals surface area contributed by atoms with E-state index >= 15 is 0 Å². The Kier molecular flexibility index (Phi) is 4.29. The Labute approximate surface area is 113 Å². The summed E-state index contributed by atoms with van der Waals surface area (Å²) in [7, 11) is 0. The minimum Gasteiger partial charge on any atom is -0.352 e. The average molecular weight is 254 g/mol. The van der Waals surface area contributed by atoms with Crippen molar-refractivity contribution in [3.63, 3.8) is 0 Å². The standard InChI is InChI=1S/C16H18N2O/c1-12-5-6-13(2)14(10-12)7-9-18-16(19)15-4-3-8-17-11-15/h3-6,8,10-11H,7,9H2,1-2H3,(H,18,19). The summed E-state index contributed by atoms with van der Waals surface area (Å²) in [6, 6.07) is 9.92. The van der Waals surface area contributed by atoms with Crippen LogP contribution in [0.4, 0.5) is 0 Å². The van der Waals surface area contributed by atoms with Gasteiger partial charge in [-0.05, 0) is 43.5 Å². The molecule has 0 bridgehead atoms. The van der Waals surface area contributed by atoms with Crippen LogP contribution in [0.3, 0.4) is 0 Å². The van der Waals surface area contributed by atoms with Crippen LogP contribution < -0.4 is 5.32 Å². The van der Waals surface area contributed by atoms with Gasteiger partial charge in [-0.3, -0.25) is 9.78 Å². The lowest BCUT2D eigenvalue weighted by atomic mass is 10.0. The number of aryl methyl sites for hydroxylation is 2. The highest BCUT2D eigenvalue weighted by Crippen LogP contribution is 2.10. The van der Waals surface area contributed by atoms with E-state index in [0.29, 0.717) is 12.1 Å². The molecule has 0 radical (unpaired) electrons. The molecule has 0 fully saturated rings. The molecule has 1 heterocycles. The van der Waals surface area contributed by atoms with Crippen molar-refractivity contribution in [1.29, 1.82) is 0 Å². The zero-order valence-electron chi connectivity index (χ0n) is 11.3. The van der Waals surface area contributed by atoms with Gasteiger partial charge in [-0.2, -0.15) is 0 Å². The number of amides is 1. The fourth-order valence-corrected chi connectivity index (χ4v) is 1.98. The van der Waals surface area contributed by atoms with Crippen LogP contribution in [0.2, 0.25) is 0 Å². The Hall–Kier alpha value is -2.16. The molecule has 98 valence electrons. The maximum atomic E-state index is 11.8. The molecular formula is C16H18N2O. The van der Waals surface area contributed by atoms with Crippen molar-refractivity contribution in [2.75, 3.05) is 6.54 Å². The maximum absolute atomic E-state index is 11.8. The first-order valence-corrected chi connectivity index (χ1v) is 6.41. The van der Waals surface area contributed by atoms with Gasteiger partial charge in [0.1, 0.15) is 0 Å². The number of nitrogens with zero attached hydrogens (tertiary/aromatic N) is 1. The Morgan fingerprint density at radius 3 is 2.84 bits per heavy atom. The number of nitrogens with one attached hydrogen (secondary N) is 1. The fraction of sp³-hybridized carbons (Fsp3) is 0.250. The maximum Gasteiger partial charge on any atom is 0.252 e. The monoisotopic (exact) mass is 254 g/mol. The second-order valence-electron chi connectivity index (χ2n) is 4.68. The molecule has 3 heteroatoms. The number of pyridine rings is 1. The number of hydrogen-bond acceptors (Lipinski definition) is 2. The lowest BCUT2D eigenvalue weighted by Crippen LogP contribution is -2.25. The van der Waals surface area contributed by atoms with Crippen LogP contribution in [0.25, 0.3) is 0 Å². The molecule has 0 aliphatic heterocycles. The average Bonchev–Trinajstić information content (AvgIpc) is 2.43. The van der Waals surface area contributed by atoms with Crippen LogP contribution in [0.1, 0.15) is 27.0 Å². The lowest BCUT2D eigenvalue weighted by Gasteiger charge is -2.08. The van der Waals surface area contributed by atoms with Crippen molar-refractivity contribution in [3.05, 3.63) is 65.0 Å². The van der Waals surface area contributed by atoms with Gasteiger partial charge in [-0.25, -0.2) is 0 Å². The molecule has 0 saturated carbocycles. The van der Waals surface area contributed by atoms with Crippen LogP contribution in [0.15, 0.2) is 42.7 Å². The Bertz CT molecular complexity index is 564. The van der Waals surface area contributed by atoms with Crippen LogP contribution in [0, 0.1) is 13.8 Å². The lowest BCUT2D eigenvalue weighted by molar-refractivity contribution is 0.0954. The predicted molar refractivity (Wildman–Crippen MR) is 76.2 cm³/mol. The minimum absolute atomic E-state index is 0.0709. The SMILES string of the molecule is Cc1ccc(C)c(CCNC(=O)c2cccnc2)c1. The van der Waals surface area contributed by atoms with Crippen molar-refractivity contribution < 1.29 is 4.79 Å². The summed E-state index contributed by atoms with van der Waals surface area (Å²) in [6.07, 6.45) is 4.08. The number of benzene rings is 1. The first-order chi connectivity index (χ1) is 9.16. The number of rotatable bonds is 4. The molecular weight excluding hydrogens is 236 g/mol. The van der Waals surface area contributed by atoms with Gasteiger partial charge in [-0.15, -0.1) is 0 Å². The normalized spacial score (nSPS) is 10.2. The summed E-state index contributed by atoms with van der Waals surface area (Å²) in [5, 5.41) is 2.92. The van der Waals surface area contributed by atoms with Crippen LogP contribution in [-0.2, 0) is 6.42 Å². The van der Waals surface area contributed by atoms with E-state index in [1.54, 1.807) is 24.5 Å². The van der Waals surface area contributed by atoms with Gasteiger partial charge in [-0.1, -0.05) is 23.8 Å². The van der Waals surface area contributed by atoms with Crippen molar-refractivity contribution >= 4 is 5.91 Å². The molecule has 1 N–H and O–H groups in total. The van der Waals surface area contributed by atoms with Crippen LogP contribution >= 0.6 is 0 Å². The summed E-state index contributed by atoms with van der Waals surface area (Å²) in [4.78, 5) is 15.8. The molecule has 1 amide bonds. The highest BCUT2D eigenvalue weighted by atomic mass is 16.1. The first kappa shape index (κ1) is 13.3. The van der Waals surface area contributed by atoms with E-state index in [-0.39, 0.29) is 5.91 Å². The number of carbonyl (C=O) groups excluding carboxylic acids is 1. The summed E-state index contributed by atoms with van der Waals surface area (Å²) >= 11 is 0. The minimum atomic E-state index is -0.0709. The third kappa shape index (κ3) is 3.65. The van der Waals surface area contributed by atoms with E-state index in [9.17, 15) is 4.79 Å². The molecule has 0 aliphatic carbocycles. The highest BCUT2D eigenvalue weighted by molar-refractivity contribution is 5.93. The third-order valence-electron chi connectivity index (χ3n) is 3.11. The fourth-order valence-electron chi connectivity index (χ4n) is 1.98. The van der Waals surface area contributed by atoms with Gasteiger partial charge in [0, 0.05) is 18.9 Å². The quantitative estimate of drug-likeness (QED) is 0.911. The van der Waals surface area contributed by atoms with Gasteiger partial charge in [0.25, 0.3) is 5.91 Å². The smallest absolute Gasteiger partial charge is 0.252 e. The molecule has 0 spiro atoms. The molecule has 2 rings (SSSR count). The van der Waals surface area contributed by atoms with Crippen LogP contribution in [0.5, 0.6) is 0 Å². The summed E-state index contributed by atoms with van der Waals surface area (Å²) in [6.45, 7) is 4.81. The van der Waals surface area contributed by atoms with Gasteiger partial charge >= 0.3 is 0 Å². The molecule has 3 nitrogen and oxygen atoms in total. The molecule has 1 aromatic heterocycles. The molecule has 0 saturated heterocycles. The van der Waals surface area contributed by atoms with E-state index in [0.717, 1.165) is 6.42 Å². The highest BCUT2D eigenvalue weighted by Gasteiger charge is 2.05. The van der Waals surface area contributed by atoms with Gasteiger partial charge in [0.05, 0.1) is 5.56 Å². The van der Waals surface area contributed by atoms with E-state index in [2.05, 4.69) is 42.3 Å². The Balaban J connectivity index is 1.90. The van der Waals surface area contributed by atoms with Crippen molar-refractivity contribution in [3.8, 4) is 0 Å². The van der Waals surface area contributed by atoms with Gasteiger partial charge in [0.2, 0.25) is 0 Å². The number of carbonyl (C=O) groups is 1. The summed E-state index contributed by atoms with van der Waals surface area (Å²) < 4.78 is 0. The van der Waals surface area contributed by atoms with E-state index < -0.39 is 0 Å². The van der Waals surface area contributed by atoms with Crippen LogP contribution in [-0.4, -0.2) is 17.4 Å². The Morgan fingerprint density at radius 1 is 1.26 bits per heavy atom. The van der Waals surface area contributed by atoms with Gasteiger partial charge < -0.3 is 5.32 Å². The topological polar surface area (TPSA) is 42.0 Å². The number of hydrogen-bond donors (Lipinski definition) is 1. The molecule has 2 aromatic rings. The zero-order chi connectivity index (χ0) is 13.7. The molecule has 0 unspecified atom stereocenters. The molecule has 19 heavy (non-hydrogen) atoms. The summed E-state index contributed by atoms with van der Waals surface area (Å²) in [5.41, 5.74) is 4.40. The second-order valence-corrected chi connectivity index (χ2v) is 4.68. The van der Waals surface area contributed by atoms with E-state index in [4.69, 9.17) is 0 Å². The van der Waals surface area contributed by atoms with Gasteiger partial charge in [0.15, 0.2) is 0 Å².